The van der Waals surface area contributed by atoms with Gasteiger partial charge in [0.25, 0.3) is 0 Å². The normalized spacial score (nSPS) is 26.0. The van der Waals surface area contributed by atoms with Crippen molar-refractivity contribution < 1.29 is 25.8 Å². The van der Waals surface area contributed by atoms with E-state index in [1.165, 1.54) is 77.7 Å². The molecule has 5 nitrogen and oxygen atoms in total. The molecular formula is C76H79N4OPt-3. The van der Waals surface area contributed by atoms with Crippen LogP contribution in [0, 0.1) is 52.3 Å². The summed E-state index contributed by atoms with van der Waals surface area (Å²) in [7, 11) is 0. The minimum Gasteiger partial charge on any atom is -0.509 e. The molecule has 4 saturated carbocycles. The number of fused-ring (bicyclic) bond motifs is 8. The molecule has 0 N–H and O–H groups in total. The predicted molar refractivity (Wildman–Crippen MR) is 335 cm³/mol. The number of aromatic nitrogens is 2. The Hall–Kier alpha value is -6.42. The van der Waals surface area contributed by atoms with Gasteiger partial charge in [0.05, 0.1) is 0 Å². The van der Waals surface area contributed by atoms with E-state index in [0.717, 1.165) is 44.6 Å². The Balaban J connectivity index is 0.00000631. The van der Waals surface area contributed by atoms with Crippen molar-refractivity contribution in [3.8, 4) is 17.3 Å². The predicted octanol–water partition coefficient (Wildman–Crippen LogP) is 19.8. The Morgan fingerprint density at radius 1 is 0.537 bits per heavy atom. The zero-order chi connectivity index (χ0) is 56.3. The number of pyridine rings is 1. The van der Waals surface area contributed by atoms with E-state index in [4.69, 9.17) is 9.72 Å². The number of ether oxygens (including phenoxy) is 1. The number of para-hydroxylation sites is 4. The molecule has 0 saturated heterocycles. The van der Waals surface area contributed by atoms with Crippen LogP contribution in [-0.4, -0.2) is 9.55 Å². The molecule has 6 heteroatoms. The van der Waals surface area contributed by atoms with Gasteiger partial charge in [-0.05, 0) is 134 Å². The second-order valence-corrected chi connectivity index (χ2v) is 28.5. The SMILES string of the molecule is CC(C)(C)c1cc(Oc2[c-]c3c(cc2)c2ccccc2n3-c2cc(C(C)(C)C)ccn2)[c-]c(N2[CH-]N(c3c(C4(c5ccccc5)C5CCCC4(C)C5(C)C)cccc3C3(c4ccccc4)C4CCCC3(C)C4(C)C)c3ccccc32)c1.[Pt]. The fraction of sp³-hybridized carbons (Fsp3) is 0.368. The van der Waals surface area contributed by atoms with Gasteiger partial charge in [0.1, 0.15) is 5.82 Å². The molecule has 422 valence electrons. The summed E-state index contributed by atoms with van der Waals surface area (Å²) in [6, 6.07) is 69.6. The summed E-state index contributed by atoms with van der Waals surface area (Å²) in [5, 5.41) is 2.26. The molecular weight excluding hydrogens is 1180 g/mol. The van der Waals surface area contributed by atoms with E-state index >= 15 is 0 Å². The van der Waals surface area contributed by atoms with Gasteiger partial charge in [-0.15, -0.1) is 53.6 Å². The molecule has 4 aliphatic carbocycles. The van der Waals surface area contributed by atoms with Crippen LogP contribution >= 0.6 is 0 Å². The zero-order valence-electron chi connectivity index (χ0n) is 50.2. The summed E-state index contributed by atoms with van der Waals surface area (Å²) in [6.07, 6.45) is 9.22. The van der Waals surface area contributed by atoms with Crippen LogP contribution in [0.1, 0.15) is 155 Å². The van der Waals surface area contributed by atoms with Crippen LogP contribution in [0.3, 0.4) is 0 Å². The molecule has 9 aromatic rings. The number of hydrogen-bond acceptors (Lipinski definition) is 4. The molecule has 4 fully saturated rings. The Labute approximate surface area is 502 Å². The van der Waals surface area contributed by atoms with Crippen LogP contribution in [0.25, 0.3) is 27.6 Å². The van der Waals surface area contributed by atoms with Gasteiger partial charge in [0.15, 0.2) is 0 Å². The molecule has 6 atom stereocenters. The van der Waals surface area contributed by atoms with Crippen molar-refractivity contribution in [2.24, 2.45) is 33.5 Å². The zero-order valence-corrected chi connectivity index (χ0v) is 52.4. The average Bonchev–Trinajstić information content (AvgIpc) is 0.836. The maximum absolute atomic E-state index is 7.10. The van der Waals surface area contributed by atoms with Gasteiger partial charge in [-0.25, -0.2) is 4.98 Å². The summed E-state index contributed by atoms with van der Waals surface area (Å²) in [5.41, 5.74) is 14.4. The molecule has 3 heterocycles. The van der Waals surface area contributed by atoms with E-state index < -0.39 is 0 Å². The van der Waals surface area contributed by atoms with Gasteiger partial charge in [-0.3, -0.25) is 0 Å². The number of hydrogen-bond donors (Lipinski definition) is 0. The van der Waals surface area contributed by atoms with Crippen LogP contribution in [0.5, 0.6) is 11.5 Å². The number of rotatable bonds is 9. The van der Waals surface area contributed by atoms with Gasteiger partial charge in [0, 0.05) is 72.2 Å². The second-order valence-electron chi connectivity index (χ2n) is 28.5. The van der Waals surface area contributed by atoms with Crippen molar-refractivity contribution in [1.82, 2.24) is 9.55 Å². The van der Waals surface area contributed by atoms with E-state index in [9.17, 15) is 0 Å². The van der Waals surface area contributed by atoms with Crippen LogP contribution in [-0.2, 0) is 42.7 Å². The summed E-state index contributed by atoms with van der Waals surface area (Å²) >= 11 is 0. The maximum atomic E-state index is 7.10. The minimum atomic E-state index is -0.237. The first-order chi connectivity index (χ1) is 38.7. The van der Waals surface area contributed by atoms with E-state index in [1.807, 2.05) is 6.20 Å². The van der Waals surface area contributed by atoms with Crippen molar-refractivity contribution in [3.63, 3.8) is 0 Å². The molecule has 82 heavy (non-hydrogen) atoms. The molecule has 7 aromatic carbocycles. The largest absolute Gasteiger partial charge is 0.509 e. The van der Waals surface area contributed by atoms with E-state index in [1.54, 1.807) is 0 Å². The molecule has 5 aliphatic rings. The number of benzene rings is 7. The third-order valence-corrected chi connectivity index (χ3v) is 22.5. The van der Waals surface area contributed by atoms with Crippen LogP contribution in [0.2, 0.25) is 0 Å². The molecule has 2 aromatic heterocycles. The fourth-order valence-corrected chi connectivity index (χ4v) is 18.1. The third kappa shape index (κ3) is 7.29. The first-order valence-electron chi connectivity index (χ1n) is 30.1. The van der Waals surface area contributed by atoms with Gasteiger partial charge in [-0.1, -0.05) is 211 Å². The molecule has 0 spiro atoms. The third-order valence-electron chi connectivity index (χ3n) is 22.5. The van der Waals surface area contributed by atoms with Crippen molar-refractivity contribution in [2.45, 2.75) is 143 Å². The molecule has 14 rings (SSSR count). The minimum absolute atomic E-state index is 0. The van der Waals surface area contributed by atoms with E-state index in [2.05, 4.69) is 280 Å². The molecule has 0 amide bonds. The molecule has 0 radical (unpaired) electrons. The fourth-order valence-electron chi connectivity index (χ4n) is 18.1. The standard InChI is InChI=1S/C76H79N4O.Pt/c1-69(2,3)52-40-43-77-67(46-52)80-61-33-20-19-30-57(61)58-39-38-55(48-64(58)80)81-56-45-53(70(4,5)6)44-54(47-56)78-49-79(63-35-22-21-34-62(63)78)68-59(75(50-26-15-13-16-27-50)65-36-24-41-73(75,11)71(65,7)8)31-23-32-60(68)76(51-28-17-14-18-29-51)66-37-25-42-74(76,12)72(66,9)10;/h13-23,26-35,38-40,43-46,49,65-66H,24-25,36-37,41-42H2,1-12H3;/q-3;. The smallest absolute Gasteiger partial charge is 0.135 e. The van der Waals surface area contributed by atoms with Crippen molar-refractivity contribution in [1.29, 1.82) is 0 Å². The molecule has 6 unspecified atom stereocenters. The van der Waals surface area contributed by atoms with Gasteiger partial charge >= 0.3 is 0 Å². The summed E-state index contributed by atoms with van der Waals surface area (Å²) < 4.78 is 9.34. The van der Waals surface area contributed by atoms with Gasteiger partial charge in [0.2, 0.25) is 0 Å². The quantitative estimate of drug-likeness (QED) is 0.135. The summed E-state index contributed by atoms with van der Waals surface area (Å²) in [6.45, 7) is 31.7. The molecule has 1 aliphatic heterocycles. The van der Waals surface area contributed by atoms with Crippen molar-refractivity contribution >= 4 is 44.6 Å². The monoisotopic (exact) mass is 1260 g/mol. The maximum Gasteiger partial charge on any atom is 0.135 e. The van der Waals surface area contributed by atoms with Crippen LogP contribution in [0.15, 0.2) is 170 Å². The van der Waals surface area contributed by atoms with Gasteiger partial charge in [-0.2, -0.15) is 6.07 Å². The Bertz CT molecular complexity index is 3850. The average molecular weight is 1260 g/mol. The number of anilines is 4. The van der Waals surface area contributed by atoms with Crippen molar-refractivity contribution in [3.05, 3.63) is 222 Å². The summed E-state index contributed by atoms with van der Waals surface area (Å²) in [4.78, 5) is 10.0. The first-order valence-corrected chi connectivity index (χ1v) is 30.1. The van der Waals surface area contributed by atoms with Crippen LogP contribution < -0.4 is 14.5 Å². The van der Waals surface area contributed by atoms with Gasteiger partial charge < -0.3 is 19.1 Å². The Kier molecular flexibility index (Phi) is 12.6. The van der Waals surface area contributed by atoms with E-state index in [0.29, 0.717) is 23.3 Å². The number of nitrogens with zero attached hydrogens (tertiary/aromatic N) is 4. The summed E-state index contributed by atoms with van der Waals surface area (Å²) in [5.74, 6) is 3.04. The topological polar surface area (TPSA) is 33.5 Å². The van der Waals surface area contributed by atoms with E-state index in [-0.39, 0.29) is 64.4 Å². The molecule has 4 bridgehead atoms. The van der Waals surface area contributed by atoms with Crippen LogP contribution in [0.4, 0.5) is 22.7 Å². The second kappa shape index (κ2) is 18.8. The Morgan fingerprint density at radius 3 is 1.65 bits per heavy atom. The Morgan fingerprint density at radius 2 is 1.09 bits per heavy atom. The van der Waals surface area contributed by atoms with Crippen molar-refractivity contribution in [2.75, 3.05) is 9.80 Å². The first kappa shape index (κ1) is 54.8.